The van der Waals surface area contributed by atoms with Crippen molar-refractivity contribution in [2.45, 2.75) is 25.7 Å². The van der Waals surface area contributed by atoms with Crippen molar-refractivity contribution in [3.63, 3.8) is 0 Å². The van der Waals surface area contributed by atoms with E-state index in [1.54, 1.807) is 11.4 Å². The van der Waals surface area contributed by atoms with Crippen LogP contribution in [0.1, 0.15) is 36.0 Å². The average molecular weight is 336 g/mol. The fraction of sp³-hybridized carbons (Fsp3) is 0.562. The van der Waals surface area contributed by atoms with Gasteiger partial charge in [0, 0.05) is 24.4 Å². The monoisotopic (exact) mass is 336 g/mol. The molecule has 6 nitrogen and oxygen atoms in total. The Kier molecular flexibility index (Phi) is 4.66. The highest BCUT2D eigenvalue weighted by molar-refractivity contribution is 7.14. The molecule has 1 aliphatic heterocycles. The zero-order valence-electron chi connectivity index (χ0n) is 13.0. The van der Waals surface area contributed by atoms with Crippen molar-refractivity contribution in [3.8, 4) is 0 Å². The summed E-state index contributed by atoms with van der Waals surface area (Å²) >= 11 is 1.29. The fourth-order valence-corrected chi connectivity index (χ4v) is 3.60. The van der Waals surface area contributed by atoms with Crippen LogP contribution in [0.2, 0.25) is 0 Å². The number of thiophene rings is 1. The van der Waals surface area contributed by atoms with Crippen LogP contribution in [0.3, 0.4) is 0 Å². The first-order valence-electron chi connectivity index (χ1n) is 7.85. The van der Waals surface area contributed by atoms with Gasteiger partial charge in [0.1, 0.15) is 0 Å². The Morgan fingerprint density at radius 1 is 1.26 bits per heavy atom. The molecule has 124 valence electrons. The van der Waals surface area contributed by atoms with E-state index in [-0.39, 0.29) is 23.7 Å². The summed E-state index contributed by atoms with van der Waals surface area (Å²) in [7, 11) is 1.33. The van der Waals surface area contributed by atoms with Crippen molar-refractivity contribution in [2.75, 3.05) is 25.5 Å². The van der Waals surface area contributed by atoms with Crippen LogP contribution in [0.5, 0.6) is 0 Å². The third kappa shape index (κ3) is 3.72. The number of nitrogens with zero attached hydrogens (tertiary/aromatic N) is 1. The summed E-state index contributed by atoms with van der Waals surface area (Å²) in [5.41, 5.74) is 0.432. The number of carbonyl (C=O) groups excluding carboxylic acids is 3. The number of esters is 1. The molecule has 1 atom stereocenters. The molecule has 1 aromatic rings. The molecule has 7 heteroatoms. The Hall–Kier alpha value is -1.89. The lowest BCUT2D eigenvalue weighted by Gasteiger charge is -2.32. The Labute approximate surface area is 138 Å². The molecule has 1 saturated heterocycles. The van der Waals surface area contributed by atoms with Gasteiger partial charge in [-0.3, -0.25) is 9.59 Å². The first-order chi connectivity index (χ1) is 11.1. The van der Waals surface area contributed by atoms with Gasteiger partial charge in [-0.1, -0.05) is 0 Å². The van der Waals surface area contributed by atoms with E-state index in [1.807, 2.05) is 4.90 Å². The standard InChI is InChI=1S/C16H20N2O4S/c1-22-16(21)12-7-13(23-9-12)17-14(19)11-3-2-6-18(8-11)15(20)10-4-5-10/h7,9-11H,2-6,8H2,1H3,(H,17,19). The number of amides is 2. The third-order valence-corrected chi connectivity index (χ3v) is 5.14. The van der Waals surface area contributed by atoms with Gasteiger partial charge in [-0.25, -0.2) is 4.79 Å². The number of piperidine rings is 1. The zero-order chi connectivity index (χ0) is 16.4. The molecular formula is C16H20N2O4S. The summed E-state index contributed by atoms with van der Waals surface area (Å²) in [5, 5.41) is 5.13. The molecule has 1 aromatic heterocycles. The number of nitrogens with one attached hydrogen (secondary N) is 1. The van der Waals surface area contributed by atoms with E-state index in [0.29, 0.717) is 17.1 Å². The molecule has 1 aliphatic carbocycles. The molecular weight excluding hydrogens is 316 g/mol. The number of hydrogen-bond acceptors (Lipinski definition) is 5. The zero-order valence-corrected chi connectivity index (χ0v) is 13.9. The topological polar surface area (TPSA) is 75.7 Å². The van der Waals surface area contributed by atoms with Crippen LogP contribution in [0.4, 0.5) is 5.00 Å². The van der Waals surface area contributed by atoms with Gasteiger partial charge in [0.15, 0.2) is 0 Å². The second kappa shape index (κ2) is 6.70. The van der Waals surface area contributed by atoms with Crippen molar-refractivity contribution in [2.24, 2.45) is 11.8 Å². The number of ether oxygens (including phenoxy) is 1. The van der Waals surface area contributed by atoms with Gasteiger partial charge < -0.3 is 15.0 Å². The first kappa shape index (κ1) is 16.0. The van der Waals surface area contributed by atoms with E-state index >= 15 is 0 Å². The first-order valence-corrected chi connectivity index (χ1v) is 8.73. The van der Waals surface area contributed by atoms with Crippen molar-refractivity contribution in [1.82, 2.24) is 4.90 Å². The van der Waals surface area contributed by atoms with Crippen LogP contribution in [0.15, 0.2) is 11.4 Å². The van der Waals surface area contributed by atoms with Gasteiger partial charge in [0.25, 0.3) is 0 Å². The van der Waals surface area contributed by atoms with Crippen LogP contribution in [-0.2, 0) is 14.3 Å². The normalized spacial score (nSPS) is 20.9. The van der Waals surface area contributed by atoms with E-state index in [9.17, 15) is 14.4 Å². The summed E-state index contributed by atoms with van der Waals surface area (Å²) in [6, 6.07) is 1.62. The Morgan fingerprint density at radius 2 is 2.04 bits per heavy atom. The SMILES string of the molecule is COC(=O)c1csc(NC(=O)C2CCCN(C(=O)C3CC3)C2)c1. The predicted octanol–water partition coefficient (Wildman–Crippen LogP) is 2.12. The lowest BCUT2D eigenvalue weighted by atomic mass is 9.97. The largest absolute Gasteiger partial charge is 0.465 e. The summed E-state index contributed by atoms with van der Waals surface area (Å²) in [6.45, 7) is 1.25. The summed E-state index contributed by atoms with van der Waals surface area (Å²) in [6.07, 6.45) is 3.61. The van der Waals surface area contributed by atoms with E-state index in [1.165, 1.54) is 18.4 Å². The van der Waals surface area contributed by atoms with E-state index in [2.05, 4.69) is 10.1 Å². The highest BCUT2D eigenvalue weighted by Crippen LogP contribution is 2.32. The molecule has 2 amide bonds. The van der Waals surface area contributed by atoms with E-state index in [4.69, 9.17) is 0 Å². The Balaban J connectivity index is 1.57. The van der Waals surface area contributed by atoms with Gasteiger partial charge >= 0.3 is 5.97 Å². The fourth-order valence-electron chi connectivity index (χ4n) is 2.83. The van der Waals surface area contributed by atoms with Crippen LogP contribution in [0, 0.1) is 11.8 Å². The van der Waals surface area contributed by atoms with Gasteiger partial charge in [0.05, 0.1) is 23.6 Å². The minimum atomic E-state index is -0.416. The Morgan fingerprint density at radius 3 is 2.74 bits per heavy atom. The molecule has 2 aliphatic rings. The predicted molar refractivity (Wildman–Crippen MR) is 86.3 cm³/mol. The number of hydrogen-bond donors (Lipinski definition) is 1. The van der Waals surface area contributed by atoms with Crippen LogP contribution in [-0.4, -0.2) is 42.9 Å². The number of anilines is 1. The van der Waals surface area contributed by atoms with Crippen molar-refractivity contribution >= 4 is 34.1 Å². The molecule has 2 fully saturated rings. The molecule has 1 N–H and O–H groups in total. The summed E-state index contributed by atoms with van der Waals surface area (Å²) < 4.78 is 4.65. The number of likely N-dealkylation sites (tertiary alicyclic amines) is 1. The maximum atomic E-state index is 12.4. The smallest absolute Gasteiger partial charge is 0.338 e. The number of carbonyl (C=O) groups is 3. The maximum Gasteiger partial charge on any atom is 0.338 e. The van der Waals surface area contributed by atoms with Crippen LogP contribution >= 0.6 is 11.3 Å². The minimum absolute atomic E-state index is 0.0865. The number of rotatable bonds is 4. The second-order valence-electron chi connectivity index (χ2n) is 6.08. The second-order valence-corrected chi connectivity index (χ2v) is 6.99. The lowest BCUT2D eigenvalue weighted by molar-refractivity contribution is -0.135. The molecule has 0 aromatic carbocycles. The molecule has 2 heterocycles. The van der Waals surface area contributed by atoms with Gasteiger partial charge in [-0.05, 0) is 31.7 Å². The van der Waals surface area contributed by atoms with Crippen LogP contribution < -0.4 is 5.32 Å². The molecule has 0 radical (unpaired) electrons. The molecule has 1 unspecified atom stereocenters. The van der Waals surface area contributed by atoms with E-state index < -0.39 is 5.97 Å². The summed E-state index contributed by atoms with van der Waals surface area (Å²) in [4.78, 5) is 37.8. The third-order valence-electron chi connectivity index (χ3n) is 4.30. The Bertz CT molecular complexity index is 623. The lowest BCUT2D eigenvalue weighted by Crippen LogP contribution is -2.44. The van der Waals surface area contributed by atoms with Gasteiger partial charge in [-0.15, -0.1) is 11.3 Å². The molecule has 1 saturated carbocycles. The minimum Gasteiger partial charge on any atom is -0.465 e. The van der Waals surface area contributed by atoms with Crippen LogP contribution in [0.25, 0.3) is 0 Å². The van der Waals surface area contributed by atoms with E-state index in [0.717, 1.165) is 32.2 Å². The van der Waals surface area contributed by atoms with Gasteiger partial charge in [0.2, 0.25) is 11.8 Å². The van der Waals surface area contributed by atoms with Crippen molar-refractivity contribution in [1.29, 1.82) is 0 Å². The quantitative estimate of drug-likeness (QED) is 0.855. The highest BCUT2D eigenvalue weighted by atomic mass is 32.1. The van der Waals surface area contributed by atoms with Crippen molar-refractivity contribution in [3.05, 3.63) is 17.0 Å². The molecule has 0 spiro atoms. The number of methoxy groups -OCH3 is 1. The maximum absolute atomic E-state index is 12.4. The van der Waals surface area contributed by atoms with Crippen molar-refractivity contribution < 1.29 is 19.1 Å². The summed E-state index contributed by atoms with van der Waals surface area (Å²) in [5.74, 6) is -0.296. The molecule has 23 heavy (non-hydrogen) atoms. The average Bonchev–Trinajstić information content (AvgIpc) is 3.33. The molecule has 0 bridgehead atoms. The van der Waals surface area contributed by atoms with Gasteiger partial charge in [-0.2, -0.15) is 0 Å². The molecule has 3 rings (SSSR count). The highest BCUT2D eigenvalue weighted by Gasteiger charge is 2.36.